The number of ether oxygens (including phenoxy) is 1. The van der Waals surface area contributed by atoms with Crippen molar-refractivity contribution in [2.24, 2.45) is 0 Å². The zero-order chi connectivity index (χ0) is 14.7. The third-order valence-electron chi connectivity index (χ3n) is 3.41. The number of nitrogens with zero attached hydrogens (tertiary/aromatic N) is 1. The fourth-order valence-corrected chi connectivity index (χ4v) is 2.43. The van der Waals surface area contributed by atoms with E-state index in [1.165, 1.54) is 16.5 Å². The lowest BCUT2D eigenvalue weighted by Crippen LogP contribution is -2.06. The van der Waals surface area contributed by atoms with Crippen molar-refractivity contribution in [2.45, 2.75) is 13.5 Å². The van der Waals surface area contributed by atoms with E-state index in [-0.39, 0.29) is 0 Å². The molecule has 1 N–H and O–H groups in total. The molecule has 3 heteroatoms. The summed E-state index contributed by atoms with van der Waals surface area (Å²) in [6, 6.07) is 16.2. The predicted octanol–water partition coefficient (Wildman–Crippen LogP) is 4.05. The third kappa shape index (κ3) is 2.88. The lowest BCUT2D eigenvalue weighted by molar-refractivity contribution is 0.468. The molecule has 0 saturated heterocycles. The van der Waals surface area contributed by atoms with E-state index in [0.29, 0.717) is 5.88 Å². The van der Waals surface area contributed by atoms with Crippen molar-refractivity contribution in [2.75, 3.05) is 7.05 Å². The van der Waals surface area contributed by atoms with Gasteiger partial charge in [0.2, 0.25) is 5.88 Å². The molecule has 0 bridgehead atoms. The first-order valence-corrected chi connectivity index (χ1v) is 7.03. The van der Waals surface area contributed by atoms with Gasteiger partial charge in [-0.1, -0.05) is 30.3 Å². The maximum absolute atomic E-state index is 5.97. The van der Waals surface area contributed by atoms with Gasteiger partial charge in [-0.2, -0.15) is 0 Å². The van der Waals surface area contributed by atoms with E-state index < -0.39 is 0 Å². The van der Waals surface area contributed by atoms with Gasteiger partial charge < -0.3 is 10.1 Å². The van der Waals surface area contributed by atoms with E-state index in [1.807, 2.05) is 49.6 Å². The molecule has 1 heterocycles. The Morgan fingerprint density at radius 2 is 1.86 bits per heavy atom. The van der Waals surface area contributed by atoms with Crippen LogP contribution in [0.25, 0.3) is 10.8 Å². The zero-order valence-electron chi connectivity index (χ0n) is 12.3. The molecule has 3 rings (SSSR count). The Bertz CT molecular complexity index is 768. The molecule has 1 aromatic heterocycles. The number of rotatable bonds is 4. The Labute approximate surface area is 124 Å². The Balaban J connectivity index is 2.05. The highest BCUT2D eigenvalue weighted by Gasteiger charge is 2.08. The Hall–Kier alpha value is -2.39. The molecule has 21 heavy (non-hydrogen) atoms. The van der Waals surface area contributed by atoms with E-state index in [4.69, 9.17) is 4.74 Å². The summed E-state index contributed by atoms with van der Waals surface area (Å²) in [6.07, 6.45) is 1.88. The van der Waals surface area contributed by atoms with Gasteiger partial charge in [-0.15, -0.1) is 0 Å². The Morgan fingerprint density at radius 1 is 1.05 bits per heavy atom. The number of aryl methyl sites for hydroxylation is 1. The average molecular weight is 278 g/mol. The second kappa shape index (κ2) is 5.94. The molecule has 3 nitrogen and oxygen atoms in total. The molecule has 0 unspecified atom stereocenters. The standard InChI is InChI=1S/C18H18N2O/c1-13-6-5-7-15(10-13)21-18-17-9-4-3-8-16(17)14(11-19-2)12-20-18/h3-10,12,19H,11H2,1-2H3. The number of benzene rings is 2. The summed E-state index contributed by atoms with van der Waals surface area (Å²) in [5.74, 6) is 1.46. The molecule has 0 atom stereocenters. The summed E-state index contributed by atoms with van der Waals surface area (Å²) in [7, 11) is 1.94. The van der Waals surface area contributed by atoms with Crippen LogP contribution in [0.2, 0.25) is 0 Å². The molecule has 0 fully saturated rings. The summed E-state index contributed by atoms with van der Waals surface area (Å²) < 4.78 is 5.97. The van der Waals surface area contributed by atoms with Crippen LogP contribution in [-0.4, -0.2) is 12.0 Å². The average Bonchev–Trinajstić information content (AvgIpc) is 2.50. The molecule has 0 amide bonds. The van der Waals surface area contributed by atoms with E-state index in [0.717, 1.165) is 17.7 Å². The first kappa shape index (κ1) is 13.6. The van der Waals surface area contributed by atoms with Crippen molar-refractivity contribution in [3.05, 3.63) is 65.9 Å². The number of hydrogen-bond acceptors (Lipinski definition) is 3. The van der Waals surface area contributed by atoms with Crippen molar-refractivity contribution in [3.63, 3.8) is 0 Å². The minimum atomic E-state index is 0.649. The normalized spacial score (nSPS) is 10.8. The van der Waals surface area contributed by atoms with Crippen molar-refractivity contribution < 1.29 is 4.74 Å². The van der Waals surface area contributed by atoms with E-state index >= 15 is 0 Å². The highest BCUT2D eigenvalue weighted by Crippen LogP contribution is 2.30. The van der Waals surface area contributed by atoms with Crippen LogP contribution in [0.1, 0.15) is 11.1 Å². The number of nitrogens with one attached hydrogen (secondary N) is 1. The smallest absolute Gasteiger partial charge is 0.227 e. The van der Waals surface area contributed by atoms with Crippen LogP contribution in [-0.2, 0) is 6.54 Å². The molecule has 2 aromatic carbocycles. The van der Waals surface area contributed by atoms with Crippen LogP contribution in [0.15, 0.2) is 54.7 Å². The van der Waals surface area contributed by atoms with E-state index in [9.17, 15) is 0 Å². The largest absolute Gasteiger partial charge is 0.438 e. The fraction of sp³-hybridized carbons (Fsp3) is 0.167. The van der Waals surface area contributed by atoms with Gasteiger partial charge in [0.25, 0.3) is 0 Å². The topological polar surface area (TPSA) is 34.2 Å². The summed E-state index contributed by atoms with van der Waals surface area (Å²) in [4.78, 5) is 4.49. The highest BCUT2D eigenvalue weighted by molar-refractivity contribution is 5.89. The SMILES string of the molecule is CNCc1cnc(Oc2cccc(C)c2)c2ccccc12. The molecule has 0 aliphatic heterocycles. The first-order valence-electron chi connectivity index (χ1n) is 7.03. The zero-order valence-corrected chi connectivity index (χ0v) is 12.3. The fourth-order valence-electron chi connectivity index (χ4n) is 2.43. The summed E-state index contributed by atoms with van der Waals surface area (Å²) >= 11 is 0. The molecular weight excluding hydrogens is 260 g/mol. The van der Waals surface area contributed by atoms with Gasteiger partial charge in [-0.3, -0.25) is 0 Å². The third-order valence-corrected chi connectivity index (χ3v) is 3.41. The van der Waals surface area contributed by atoms with Crippen LogP contribution in [0.5, 0.6) is 11.6 Å². The van der Waals surface area contributed by atoms with Crippen LogP contribution < -0.4 is 10.1 Å². The molecule has 0 saturated carbocycles. The molecule has 0 aliphatic carbocycles. The Kier molecular flexibility index (Phi) is 3.84. The van der Waals surface area contributed by atoms with Gasteiger partial charge in [0.1, 0.15) is 5.75 Å². The van der Waals surface area contributed by atoms with Crippen molar-refractivity contribution in [3.8, 4) is 11.6 Å². The molecular formula is C18H18N2O. The molecule has 0 aliphatic rings. The number of hydrogen-bond donors (Lipinski definition) is 1. The summed E-state index contributed by atoms with van der Waals surface area (Å²) in [6.45, 7) is 2.84. The lowest BCUT2D eigenvalue weighted by atomic mass is 10.1. The molecule has 0 radical (unpaired) electrons. The second-order valence-electron chi connectivity index (χ2n) is 5.08. The van der Waals surface area contributed by atoms with Gasteiger partial charge in [0.05, 0.1) is 0 Å². The minimum absolute atomic E-state index is 0.649. The van der Waals surface area contributed by atoms with Crippen LogP contribution in [0.3, 0.4) is 0 Å². The first-order chi connectivity index (χ1) is 10.3. The minimum Gasteiger partial charge on any atom is -0.438 e. The van der Waals surface area contributed by atoms with Crippen molar-refractivity contribution >= 4 is 10.8 Å². The number of aromatic nitrogens is 1. The quantitative estimate of drug-likeness (QED) is 0.781. The van der Waals surface area contributed by atoms with Crippen LogP contribution in [0, 0.1) is 6.92 Å². The summed E-state index contributed by atoms with van der Waals surface area (Å²) in [5.41, 5.74) is 2.34. The van der Waals surface area contributed by atoms with E-state index in [2.05, 4.69) is 29.4 Å². The Morgan fingerprint density at radius 3 is 2.62 bits per heavy atom. The number of fused-ring (bicyclic) bond motifs is 1. The van der Waals surface area contributed by atoms with Gasteiger partial charge in [0.15, 0.2) is 0 Å². The monoisotopic (exact) mass is 278 g/mol. The number of pyridine rings is 1. The second-order valence-corrected chi connectivity index (χ2v) is 5.08. The maximum Gasteiger partial charge on any atom is 0.227 e. The summed E-state index contributed by atoms with van der Waals surface area (Å²) in [5, 5.41) is 5.38. The van der Waals surface area contributed by atoms with Crippen LogP contribution >= 0.6 is 0 Å². The molecule has 3 aromatic rings. The highest BCUT2D eigenvalue weighted by atomic mass is 16.5. The molecule has 0 spiro atoms. The molecule has 106 valence electrons. The predicted molar refractivity (Wildman–Crippen MR) is 85.8 cm³/mol. The van der Waals surface area contributed by atoms with Gasteiger partial charge >= 0.3 is 0 Å². The maximum atomic E-state index is 5.97. The van der Waals surface area contributed by atoms with E-state index in [1.54, 1.807) is 0 Å². The van der Waals surface area contributed by atoms with Crippen LogP contribution in [0.4, 0.5) is 0 Å². The van der Waals surface area contributed by atoms with Gasteiger partial charge in [-0.05, 0) is 48.7 Å². The van der Waals surface area contributed by atoms with Crippen molar-refractivity contribution in [1.29, 1.82) is 0 Å². The van der Waals surface area contributed by atoms with Crippen molar-refractivity contribution in [1.82, 2.24) is 10.3 Å². The van der Waals surface area contributed by atoms with Gasteiger partial charge in [-0.25, -0.2) is 4.98 Å². The van der Waals surface area contributed by atoms with Gasteiger partial charge in [0, 0.05) is 18.1 Å². The lowest BCUT2D eigenvalue weighted by Gasteiger charge is -2.11.